The number of aliphatic hydroxyl groups excluding tert-OH is 1. The van der Waals surface area contributed by atoms with E-state index in [0.717, 1.165) is 4.88 Å². The van der Waals surface area contributed by atoms with E-state index >= 15 is 0 Å². The number of aromatic nitrogens is 2. The Morgan fingerprint density at radius 1 is 1.27 bits per heavy atom. The number of thiophene rings is 1. The predicted octanol–water partition coefficient (Wildman–Crippen LogP) is 2.56. The number of nitrogens with zero attached hydrogens (tertiary/aromatic N) is 2. The molecule has 1 fully saturated rings. The van der Waals surface area contributed by atoms with Crippen molar-refractivity contribution in [1.82, 2.24) is 15.1 Å². The lowest BCUT2D eigenvalue weighted by Crippen LogP contribution is -2.51. The van der Waals surface area contributed by atoms with Gasteiger partial charge in [0.25, 0.3) is 5.91 Å². The van der Waals surface area contributed by atoms with Gasteiger partial charge in [-0.2, -0.15) is 5.10 Å². The monoisotopic (exact) mass is 427 g/mol. The maximum absolute atomic E-state index is 13.1. The molecule has 2 aromatic heterocycles. The van der Waals surface area contributed by atoms with Crippen LogP contribution < -0.4 is 14.2 Å². The van der Waals surface area contributed by atoms with Crippen LogP contribution in [0.1, 0.15) is 16.8 Å². The first-order chi connectivity index (χ1) is 14.7. The Labute approximate surface area is 177 Å². The van der Waals surface area contributed by atoms with Crippen molar-refractivity contribution in [3.63, 3.8) is 0 Å². The maximum atomic E-state index is 13.1. The third kappa shape index (κ3) is 3.50. The number of fused-ring (bicyclic) bond motifs is 1. The lowest BCUT2D eigenvalue weighted by molar-refractivity contribution is -0.0214. The lowest BCUT2D eigenvalue weighted by Gasteiger charge is -2.36. The highest BCUT2D eigenvalue weighted by atomic mass is 32.1. The van der Waals surface area contributed by atoms with E-state index in [-0.39, 0.29) is 12.5 Å². The minimum atomic E-state index is -0.819. The van der Waals surface area contributed by atoms with Crippen molar-refractivity contribution in [3.05, 3.63) is 47.5 Å². The molecule has 0 unspecified atom stereocenters. The number of carbonyl (C=O) groups excluding carboxylic acids is 1. The van der Waals surface area contributed by atoms with Crippen LogP contribution in [-0.2, 0) is 0 Å². The van der Waals surface area contributed by atoms with Crippen LogP contribution in [0, 0.1) is 0 Å². The van der Waals surface area contributed by atoms with Crippen LogP contribution in [0.3, 0.4) is 0 Å². The van der Waals surface area contributed by atoms with E-state index in [2.05, 4.69) is 10.2 Å². The van der Waals surface area contributed by atoms with Crippen LogP contribution >= 0.6 is 11.3 Å². The van der Waals surface area contributed by atoms with Gasteiger partial charge >= 0.3 is 0 Å². The number of carbonyl (C=O) groups is 1. The van der Waals surface area contributed by atoms with E-state index in [1.807, 2.05) is 29.6 Å². The zero-order valence-electron chi connectivity index (χ0n) is 16.1. The Kier molecular flexibility index (Phi) is 5.06. The summed E-state index contributed by atoms with van der Waals surface area (Å²) >= 11 is 1.54. The molecule has 8 nitrogen and oxygen atoms in total. The van der Waals surface area contributed by atoms with Crippen molar-refractivity contribution < 1.29 is 24.1 Å². The largest absolute Gasteiger partial charge is 0.486 e. The van der Waals surface area contributed by atoms with Crippen molar-refractivity contribution in [2.75, 3.05) is 26.3 Å². The number of para-hydroxylation sites is 1. The van der Waals surface area contributed by atoms with E-state index in [0.29, 0.717) is 54.7 Å². The molecule has 2 N–H and O–H groups in total. The third-order valence-electron chi connectivity index (χ3n) is 5.25. The summed E-state index contributed by atoms with van der Waals surface area (Å²) in [6.45, 7) is 1.62. The average molecular weight is 427 g/mol. The molecule has 0 aliphatic carbocycles. The van der Waals surface area contributed by atoms with E-state index in [9.17, 15) is 9.90 Å². The number of likely N-dealkylation sites (tertiary alicyclic amines) is 1. The van der Waals surface area contributed by atoms with Gasteiger partial charge in [0, 0.05) is 13.0 Å². The van der Waals surface area contributed by atoms with Gasteiger partial charge in [-0.3, -0.25) is 9.89 Å². The fourth-order valence-electron chi connectivity index (χ4n) is 3.76. The number of amides is 1. The summed E-state index contributed by atoms with van der Waals surface area (Å²) < 4.78 is 17.3. The highest BCUT2D eigenvalue weighted by Crippen LogP contribution is 2.40. The third-order valence-corrected chi connectivity index (χ3v) is 6.14. The molecule has 0 bridgehead atoms. The van der Waals surface area contributed by atoms with E-state index in [1.54, 1.807) is 17.2 Å². The molecule has 30 heavy (non-hydrogen) atoms. The zero-order chi connectivity index (χ0) is 20.5. The summed E-state index contributed by atoms with van der Waals surface area (Å²) in [5.41, 5.74) is 1.21. The minimum Gasteiger partial charge on any atom is -0.486 e. The first-order valence-electron chi connectivity index (χ1n) is 9.80. The fraction of sp³-hybridized carbons (Fsp3) is 0.333. The second-order valence-electron chi connectivity index (χ2n) is 7.18. The van der Waals surface area contributed by atoms with Crippen LogP contribution in [0.15, 0.2) is 41.9 Å². The van der Waals surface area contributed by atoms with Gasteiger partial charge in [0.05, 0.1) is 28.9 Å². The van der Waals surface area contributed by atoms with Gasteiger partial charge in [-0.15, -0.1) is 11.3 Å². The fourth-order valence-corrected chi connectivity index (χ4v) is 4.50. The van der Waals surface area contributed by atoms with Crippen LogP contribution in [0.5, 0.6) is 17.2 Å². The normalized spacial score (nSPS) is 20.8. The number of β-amino-alcohol motifs (C(OH)–C–C–N with tert-alkyl or cyclic N) is 1. The Balaban J connectivity index is 1.28. The number of aliphatic hydroxyl groups is 1. The first-order valence-corrected chi connectivity index (χ1v) is 10.7. The van der Waals surface area contributed by atoms with Crippen molar-refractivity contribution >= 4 is 17.2 Å². The number of hydrogen-bond acceptors (Lipinski definition) is 7. The van der Waals surface area contributed by atoms with Gasteiger partial charge in [0.2, 0.25) is 5.75 Å². The second kappa shape index (κ2) is 8.00. The zero-order valence-corrected chi connectivity index (χ0v) is 16.9. The minimum absolute atomic E-state index is 0.154. The Morgan fingerprint density at radius 3 is 3.00 bits per heavy atom. The first kappa shape index (κ1) is 19.0. The van der Waals surface area contributed by atoms with Gasteiger partial charge in [0.1, 0.15) is 25.4 Å². The highest BCUT2D eigenvalue weighted by molar-refractivity contribution is 7.13. The molecule has 4 heterocycles. The molecular weight excluding hydrogens is 406 g/mol. The van der Waals surface area contributed by atoms with E-state index in [4.69, 9.17) is 14.2 Å². The smallest absolute Gasteiger partial charge is 0.257 e. The summed E-state index contributed by atoms with van der Waals surface area (Å²) in [5.74, 6) is 1.60. The van der Waals surface area contributed by atoms with Crippen molar-refractivity contribution in [3.8, 4) is 27.8 Å². The highest BCUT2D eigenvalue weighted by Gasteiger charge is 2.34. The van der Waals surface area contributed by atoms with Crippen LogP contribution in [0.4, 0.5) is 0 Å². The van der Waals surface area contributed by atoms with E-state index < -0.39 is 12.2 Å². The molecule has 1 aromatic carbocycles. The number of aromatic amines is 1. The maximum Gasteiger partial charge on any atom is 0.257 e. The molecule has 3 aromatic rings. The molecule has 9 heteroatoms. The molecule has 5 rings (SSSR count). The van der Waals surface area contributed by atoms with Gasteiger partial charge < -0.3 is 24.2 Å². The summed E-state index contributed by atoms with van der Waals surface area (Å²) in [7, 11) is 0. The van der Waals surface area contributed by atoms with E-state index in [1.165, 1.54) is 11.3 Å². The molecule has 2 atom stereocenters. The molecular formula is C21H21N3O5S. The van der Waals surface area contributed by atoms with Gasteiger partial charge in [-0.25, -0.2) is 0 Å². The molecule has 1 amide bonds. The molecule has 1 saturated heterocycles. The van der Waals surface area contributed by atoms with Crippen molar-refractivity contribution in [1.29, 1.82) is 0 Å². The SMILES string of the molecule is O=C(c1cn[nH]c1-c1cccs1)N1CC[C@@H](Oc2cccc3c2OCCO3)[C@H](O)C1. The summed E-state index contributed by atoms with van der Waals surface area (Å²) in [5, 5.41) is 19.6. The predicted molar refractivity (Wildman–Crippen MR) is 110 cm³/mol. The number of hydrogen-bond donors (Lipinski definition) is 2. The van der Waals surface area contributed by atoms with Crippen molar-refractivity contribution in [2.45, 2.75) is 18.6 Å². The Bertz CT molecular complexity index is 1040. The molecule has 0 spiro atoms. The van der Waals surface area contributed by atoms with Gasteiger partial charge in [-0.1, -0.05) is 12.1 Å². The number of benzene rings is 1. The Morgan fingerprint density at radius 2 is 2.17 bits per heavy atom. The number of ether oxygens (including phenoxy) is 3. The molecule has 156 valence electrons. The topological polar surface area (TPSA) is 96.9 Å². The van der Waals surface area contributed by atoms with Gasteiger partial charge in [-0.05, 0) is 23.6 Å². The standard InChI is InChI=1S/C21H21N3O5S/c25-14-12-24(21(26)13-11-22-23-19(13)18-5-2-10-30-18)7-6-15(14)29-17-4-1-3-16-20(17)28-9-8-27-16/h1-5,10-11,14-15,25H,6-9,12H2,(H,22,23)/t14-,15-/m1/s1. The van der Waals surface area contributed by atoms with Gasteiger partial charge in [0.15, 0.2) is 11.5 Å². The number of piperidine rings is 1. The van der Waals surface area contributed by atoms with Crippen LogP contribution in [0.2, 0.25) is 0 Å². The summed E-state index contributed by atoms with van der Waals surface area (Å²) in [6, 6.07) is 9.33. The second-order valence-corrected chi connectivity index (χ2v) is 8.13. The molecule has 0 radical (unpaired) electrons. The Hall–Kier alpha value is -3.04. The number of H-pyrrole nitrogens is 1. The molecule has 2 aliphatic rings. The number of nitrogens with one attached hydrogen (secondary N) is 1. The summed E-state index contributed by atoms with van der Waals surface area (Å²) in [4.78, 5) is 15.7. The van der Waals surface area contributed by atoms with Crippen molar-refractivity contribution in [2.24, 2.45) is 0 Å². The average Bonchev–Trinajstić information content (AvgIpc) is 3.46. The van der Waals surface area contributed by atoms with Crippen LogP contribution in [0.25, 0.3) is 10.6 Å². The van der Waals surface area contributed by atoms with Crippen LogP contribution in [-0.4, -0.2) is 64.6 Å². The number of rotatable bonds is 4. The lowest BCUT2D eigenvalue weighted by atomic mass is 10.0. The molecule has 0 saturated carbocycles. The summed E-state index contributed by atoms with van der Waals surface area (Å²) in [6.07, 6.45) is 0.788. The molecule has 2 aliphatic heterocycles. The quantitative estimate of drug-likeness (QED) is 0.664.